The number of hydrogen-bond donors (Lipinski definition) is 5. The third-order valence-corrected chi connectivity index (χ3v) is 10.2. The fourth-order valence-corrected chi connectivity index (χ4v) is 6.83. The average Bonchev–Trinajstić information content (AvgIpc) is 3.69. The van der Waals surface area contributed by atoms with Crippen molar-refractivity contribution in [3.05, 3.63) is 65.2 Å². The predicted octanol–water partition coefficient (Wildman–Crippen LogP) is 7.50. The first-order valence-electron chi connectivity index (χ1n) is 19.3. The Labute approximate surface area is 345 Å². The van der Waals surface area contributed by atoms with Crippen molar-refractivity contribution in [2.75, 3.05) is 32.1 Å². The molecule has 14 nitrogen and oxygen atoms in total. The van der Waals surface area contributed by atoms with Crippen LogP contribution < -0.4 is 26.0 Å². The highest BCUT2D eigenvalue weighted by molar-refractivity contribution is 6.34. The number of likely N-dealkylation sites (tertiary alicyclic amines) is 1. The van der Waals surface area contributed by atoms with E-state index in [0.29, 0.717) is 73.0 Å². The SMILES string of the molecule is COC(=O)NC(C(=O)N1CCCCC1c1ncc(-c2ccc(-c3cc(Cl)c(NC(=O)C4=CNC(=NCCNC(=O)C(C)(C)C)CC4)cc3OC(F)(F)F)cc2)[nH]1)C(C)C. The molecule has 5 N–H and O–H groups in total. The number of alkyl carbamates (subject to hydrolysis) is 1. The number of nitrogens with one attached hydrogen (secondary N) is 5. The Bertz CT molecular complexity index is 2080. The molecule has 4 amide bonds. The van der Waals surface area contributed by atoms with E-state index < -0.39 is 35.6 Å². The van der Waals surface area contributed by atoms with Crippen LogP contribution in [0.2, 0.25) is 5.02 Å². The van der Waals surface area contributed by atoms with Gasteiger partial charge in [-0.05, 0) is 48.8 Å². The molecule has 0 bridgehead atoms. The number of benzene rings is 2. The molecule has 0 spiro atoms. The van der Waals surface area contributed by atoms with E-state index in [9.17, 15) is 32.3 Å². The van der Waals surface area contributed by atoms with Gasteiger partial charge in [0.2, 0.25) is 11.8 Å². The summed E-state index contributed by atoms with van der Waals surface area (Å²) in [5, 5.41) is 11.0. The highest BCUT2D eigenvalue weighted by Gasteiger charge is 2.36. The molecule has 5 rings (SSSR count). The summed E-state index contributed by atoms with van der Waals surface area (Å²) in [6.45, 7) is 10.3. The second-order valence-electron chi connectivity index (χ2n) is 15.6. The summed E-state index contributed by atoms with van der Waals surface area (Å²) in [5.41, 5.74) is 1.44. The van der Waals surface area contributed by atoms with Crippen LogP contribution in [0.15, 0.2) is 59.4 Å². The maximum atomic E-state index is 13.7. The van der Waals surface area contributed by atoms with Gasteiger partial charge in [0.1, 0.15) is 23.5 Å². The predicted molar refractivity (Wildman–Crippen MR) is 217 cm³/mol. The van der Waals surface area contributed by atoms with E-state index in [1.54, 1.807) is 35.4 Å². The summed E-state index contributed by atoms with van der Waals surface area (Å²) < 4.78 is 50.2. The van der Waals surface area contributed by atoms with Crippen LogP contribution in [-0.2, 0) is 19.1 Å². The highest BCUT2D eigenvalue weighted by Crippen LogP contribution is 2.41. The second-order valence-corrected chi connectivity index (χ2v) is 16.0. The summed E-state index contributed by atoms with van der Waals surface area (Å²) in [7, 11) is 1.24. The Hall–Kier alpha value is -5.58. The summed E-state index contributed by atoms with van der Waals surface area (Å²) in [4.78, 5) is 64.9. The Morgan fingerprint density at radius 2 is 1.76 bits per heavy atom. The summed E-state index contributed by atoms with van der Waals surface area (Å²) in [5.74, 6) is -0.463. The minimum Gasteiger partial charge on any atom is -0.453 e. The second kappa shape index (κ2) is 19.0. The van der Waals surface area contributed by atoms with Crippen molar-refractivity contribution in [2.45, 2.75) is 85.2 Å². The molecule has 18 heteroatoms. The van der Waals surface area contributed by atoms with Gasteiger partial charge in [-0.1, -0.05) is 70.5 Å². The fraction of sp³-hybridized carbons (Fsp3) is 0.463. The lowest BCUT2D eigenvalue weighted by molar-refractivity contribution is -0.274. The van der Waals surface area contributed by atoms with Crippen LogP contribution in [0.1, 0.15) is 78.6 Å². The average molecular weight is 843 g/mol. The molecule has 3 heterocycles. The standard InChI is InChI=1S/C41H50ClF3N8O6/c1-23(2)34(52-39(57)58-6)37(55)53-18-8-7-9-31(53)35-49-22-30(50-35)25-12-10-24(11-13-25)27-19-28(42)29(20-32(27)59-41(43,44)45)51-36(54)26-14-15-33(48-21-26)46-16-17-47-38(56)40(3,4)5/h10-13,19-23,31,34H,7-9,14-18H2,1-6H3,(H,46,48)(H,47,56)(H,49,50)(H,51,54)(H,52,57). The third kappa shape index (κ3) is 11.8. The van der Waals surface area contributed by atoms with E-state index in [1.165, 1.54) is 19.4 Å². The van der Waals surface area contributed by atoms with Gasteiger partial charge in [-0.2, -0.15) is 0 Å². The molecular formula is C41H50ClF3N8O6. The van der Waals surface area contributed by atoms with Crippen molar-refractivity contribution in [1.29, 1.82) is 0 Å². The van der Waals surface area contributed by atoms with Crippen LogP contribution >= 0.6 is 11.6 Å². The van der Waals surface area contributed by atoms with Gasteiger partial charge in [-0.25, -0.2) is 9.78 Å². The van der Waals surface area contributed by atoms with Gasteiger partial charge in [0.25, 0.3) is 5.91 Å². The van der Waals surface area contributed by atoms with Gasteiger partial charge < -0.3 is 40.6 Å². The van der Waals surface area contributed by atoms with E-state index in [1.807, 2.05) is 34.6 Å². The number of aliphatic imine (C=N–C) groups is 1. The minimum absolute atomic E-state index is 0.0119. The number of methoxy groups -OCH3 is 1. The smallest absolute Gasteiger partial charge is 0.453 e. The molecule has 2 aliphatic heterocycles. The lowest BCUT2D eigenvalue weighted by atomic mass is 9.96. The number of carbonyl (C=O) groups excluding carboxylic acids is 4. The van der Waals surface area contributed by atoms with Gasteiger partial charge in [-0.3, -0.25) is 19.4 Å². The first-order chi connectivity index (χ1) is 27.8. The number of carbonyl (C=O) groups is 4. The van der Waals surface area contributed by atoms with Gasteiger partial charge in [0.05, 0.1) is 42.3 Å². The fourth-order valence-electron chi connectivity index (χ4n) is 6.62. The molecule has 0 aliphatic carbocycles. The molecular weight excluding hydrogens is 793 g/mol. The first-order valence-corrected chi connectivity index (χ1v) is 19.7. The summed E-state index contributed by atoms with van der Waals surface area (Å²) in [6.07, 6.45) is 0.406. The van der Waals surface area contributed by atoms with Gasteiger partial charge >= 0.3 is 12.5 Å². The molecule has 1 aromatic heterocycles. The number of hydrogen-bond acceptors (Lipinski definition) is 8. The molecule has 318 valence electrons. The van der Waals surface area contributed by atoms with Crippen LogP contribution in [0.4, 0.5) is 23.7 Å². The molecule has 2 atom stereocenters. The Kier molecular flexibility index (Phi) is 14.3. The third-order valence-electron chi connectivity index (χ3n) is 9.86. The number of piperidine rings is 1. The van der Waals surface area contributed by atoms with Gasteiger partial charge in [0, 0.05) is 48.3 Å². The number of H-pyrrole nitrogens is 1. The van der Waals surface area contributed by atoms with Crippen molar-refractivity contribution in [1.82, 2.24) is 30.8 Å². The number of amides is 4. The van der Waals surface area contributed by atoms with Crippen LogP contribution in [0, 0.1) is 11.3 Å². The monoisotopic (exact) mass is 842 g/mol. The number of alkyl halides is 3. The van der Waals surface area contributed by atoms with E-state index in [4.69, 9.17) is 16.3 Å². The van der Waals surface area contributed by atoms with Crippen molar-refractivity contribution >= 4 is 46.9 Å². The lowest BCUT2D eigenvalue weighted by Crippen LogP contribution is -2.53. The van der Waals surface area contributed by atoms with Crippen molar-refractivity contribution < 1.29 is 41.8 Å². The van der Waals surface area contributed by atoms with Gasteiger partial charge in [0.15, 0.2) is 0 Å². The van der Waals surface area contributed by atoms with E-state index in [-0.39, 0.29) is 40.0 Å². The Morgan fingerprint density at radius 3 is 2.39 bits per heavy atom. The van der Waals surface area contributed by atoms with E-state index in [2.05, 4.69) is 41.0 Å². The maximum absolute atomic E-state index is 13.7. The number of aromatic amines is 1. The maximum Gasteiger partial charge on any atom is 0.573 e. The molecule has 0 radical (unpaired) electrons. The number of rotatable bonds is 12. The number of nitrogens with zero attached hydrogens (tertiary/aromatic N) is 3. The van der Waals surface area contributed by atoms with E-state index >= 15 is 0 Å². The molecule has 1 saturated heterocycles. The zero-order valence-electron chi connectivity index (χ0n) is 33.8. The molecule has 1 fully saturated rings. The first kappa shape index (κ1) is 44.5. The summed E-state index contributed by atoms with van der Waals surface area (Å²) >= 11 is 6.55. The van der Waals surface area contributed by atoms with Crippen LogP contribution in [0.25, 0.3) is 22.4 Å². The molecule has 2 aliphatic rings. The van der Waals surface area contributed by atoms with Crippen molar-refractivity contribution in [2.24, 2.45) is 16.3 Å². The van der Waals surface area contributed by atoms with Crippen LogP contribution in [-0.4, -0.2) is 83.7 Å². The number of anilines is 1. The van der Waals surface area contributed by atoms with E-state index in [0.717, 1.165) is 18.9 Å². The van der Waals surface area contributed by atoms with Gasteiger partial charge in [-0.15, -0.1) is 13.2 Å². The molecule has 59 heavy (non-hydrogen) atoms. The van der Waals surface area contributed by atoms with Crippen LogP contribution in [0.3, 0.4) is 0 Å². The zero-order valence-corrected chi connectivity index (χ0v) is 34.6. The summed E-state index contributed by atoms with van der Waals surface area (Å²) in [6, 6.07) is 7.81. The molecule has 0 saturated carbocycles. The number of ether oxygens (including phenoxy) is 2. The lowest BCUT2D eigenvalue weighted by Gasteiger charge is -2.37. The number of halogens is 4. The van der Waals surface area contributed by atoms with Crippen molar-refractivity contribution in [3.63, 3.8) is 0 Å². The number of aromatic nitrogens is 2. The quantitative estimate of drug-likeness (QED) is 0.116. The zero-order chi connectivity index (χ0) is 43.1. The number of imidazole rings is 1. The molecule has 2 aromatic carbocycles. The molecule has 2 unspecified atom stereocenters. The topological polar surface area (TPSA) is 179 Å². The highest BCUT2D eigenvalue weighted by atomic mass is 35.5. The minimum atomic E-state index is -5.05. The van der Waals surface area contributed by atoms with Crippen LogP contribution in [0.5, 0.6) is 5.75 Å². The normalized spacial score (nSPS) is 17.1. The number of amidine groups is 1. The van der Waals surface area contributed by atoms with Crippen molar-refractivity contribution in [3.8, 4) is 28.1 Å². The Balaban J connectivity index is 1.29. The Morgan fingerprint density at radius 1 is 1.05 bits per heavy atom. The molecule has 3 aromatic rings. The largest absolute Gasteiger partial charge is 0.573 e.